The van der Waals surface area contributed by atoms with E-state index in [1.165, 1.54) is 34.5 Å². The Bertz CT molecular complexity index is 574. The van der Waals surface area contributed by atoms with E-state index in [1.54, 1.807) is 0 Å². The van der Waals surface area contributed by atoms with Crippen LogP contribution in [0, 0.1) is 13.8 Å². The molecule has 20 heavy (non-hydrogen) atoms. The number of hydrogen-bond acceptors (Lipinski definition) is 3. The summed E-state index contributed by atoms with van der Waals surface area (Å²) in [6, 6.07) is 6.62. The van der Waals surface area contributed by atoms with Crippen LogP contribution in [0.2, 0.25) is 0 Å². The number of benzene rings is 1. The molecule has 1 aromatic carbocycles. The summed E-state index contributed by atoms with van der Waals surface area (Å²) >= 11 is 1.82. The number of rotatable bonds is 2. The number of aryl methyl sites for hydroxylation is 2. The van der Waals surface area contributed by atoms with Crippen molar-refractivity contribution in [1.29, 1.82) is 0 Å². The van der Waals surface area contributed by atoms with Crippen molar-refractivity contribution in [2.45, 2.75) is 32.6 Å². The highest BCUT2D eigenvalue weighted by molar-refractivity contribution is 7.10. The molecule has 1 aliphatic rings. The number of thiazole rings is 1. The van der Waals surface area contributed by atoms with Gasteiger partial charge in [0, 0.05) is 16.9 Å². The van der Waals surface area contributed by atoms with E-state index in [2.05, 4.69) is 42.7 Å². The van der Waals surface area contributed by atoms with Crippen LogP contribution in [0.4, 0.5) is 0 Å². The normalized spacial score (nSPS) is 15.9. The Balaban J connectivity index is 0.00000147. The molecule has 0 atom stereocenters. The fourth-order valence-electron chi connectivity index (χ4n) is 2.58. The van der Waals surface area contributed by atoms with Crippen LogP contribution in [0.1, 0.15) is 34.9 Å². The van der Waals surface area contributed by atoms with Crippen LogP contribution in [0.25, 0.3) is 11.3 Å². The first-order chi connectivity index (χ1) is 9.24. The monoisotopic (exact) mass is 308 g/mol. The zero-order valence-electron chi connectivity index (χ0n) is 12.0. The minimum atomic E-state index is 0. The molecule has 1 aliphatic heterocycles. The average molecular weight is 309 g/mol. The van der Waals surface area contributed by atoms with Gasteiger partial charge in [0.1, 0.15) is 0 Å². The third-order valence-corrected chi connectivity index (χ3v) is 5.02. The van der Waals surface area contributed by atoms with E-state index < -0.39 is 0 Å². The number of nitrogens with zero attached hydrogens (tertiary/aromatic N) is 1. The molecule has 2 aromatic rings. The molecule has 0 saturated carbocycles. The van der Waals surface area contributed by atoms with Crippen molar-refractivity contribution in [3.05, 3.63) is 39.7 Å². The molecular formula is C16H21ClN2S. The first-order valence-electron chi connectivity index (χ1n) is 6.98. The van der Waals surface area contributed by atoms with E-state index in [4.69, 9.17) is 4.98 Å². The van der Waals surface area contributed by atoms with Crippen LogP contribution < -0.4 is 5.32 Å². The summed E-state index contributed by atoms with van der Waals surface area (Å²) in [6.45, 7) is 6.58. The summed E-state index contributed by atoms with van der Waals surface area (Å²) in [5.41, 5.74) is 5.08. The summed E-state index contributed by atoms with van der Waals surface area (Å²) in [4.78, 5) is 4.87. The Labute approximate surface area is 131 Å². The first-order valence-corrected chi connectivity index (χ1v) is 7.86. The van der Waals surface area contributed by atoms with Gasteiger partial charge in [-0.15, -0.1) is 23.7 Å². The number of halogens is 1. The second-order valence-corrected chi connectivity index (χ2v) is 6.28. The second kappa shape index (κ2) is 6.70. The highest BCUT2D eigenvalue weighted by Crippen LogP contribution is 2.31. The van der Waals surface area contributed by atoms with Gasteiger partial charge in [-0.1, -0.05) is 12.1 Å². The molecule has 108 valence electrons. The highest BCUT2D eigenvalue weighted by atomic mass is 35.5. The minimum absolute atomic E-state index is 0. The van der Waals surface area contributed by atoms with Gasteiger partial charge >= 0.3 is 0 Å². The van der Waals surface area contributed by atoms with Crippen LogP contribution in [0.3, 0.4) is 0 Å². The predicted molar refractivity (Wildman–Crippen MR) is 89.1 cm³/mol. The average Bonchev–Trinajstić information content (AvgIpc) is 2.93. The third kappa shape index (κ3) is 3.22. The highest BCUT2D eigenvalue weighted by Gasteiger charge is 2.18. The number of hydrogen-bond donors (Lipinski definition) is 1. The molecule has 0 bridgehead atoms. The lowest BCUT2D eigenvalue weighted by molar-refractivity contribution is 0.459. The minimum Gasteiger partial charge on any atom is -0.317 e. The Morgan fingerprint density at radius 1 is 1.15 bits per heavy atom. The van der Waals surface area contributed by atoms with Gasteiger partial charge < -0.3 is 5.32 Å². The molecule has 0 radical (unpaired) electrons. The van der Waals surface area contributed by atoms with Gasteiger partial charge in [0.15, 0.2) is 0 Å². The molecular weight excluding hydrogens is 288 g/mol. The molecule has 1 aromatic heterocycles. The Hall–Kier alpha value is -0.900. The van der Waals surface area contributed by atoms with Crippen LogP contribution in [-0.4, -0.2) is 18.1 Å². The number of aromatic nitrogens is 1. The molecule has 4 heteroatoms. The molecule has 0 unspecified atom stereocenters. The van der Waals surface area contributed by atoms with Crippen molar-refractivity contribution in [1.82, 2.24) is 10.3 Å². The summed E-state index contributed by atoms with van der Waals surface area (Å²) in [6.07, 6.45) is 2.44. The molecule has 0 spiro atoms. The molecule has 0 aliphatic carbocycles. The Morgan fingerprint density at radius 3 is 2.60 bits per heavy atom. The Kier molecular flexibility index (Phi) is 5.19. The molecule has 3 rings (SSSR count). The van der Waals surface area contributed by atoms with Gasteiger partial charge in [-0.3, -0.25) is 0 Å². The topological polar surface area (TPSA) is 24.9 Å². The summed E-state index contributed by atoms with van der Waals surface area (Å²) in [5, 5.41) is 6.94. The summed E-state index contributed by atoms with van der Waals surface area (Å²) in [7, 11) is 0. The van der Waals surface area contributed by atoms with Crippen LogP contribution >= 0.6 is 23.7 Å². The maximum atomic E-state index is 4.87. The molecule has 2 heterocycles. The van der Waals surface area contributed by atoms with E-state index in [1.807, 2.05) is 11.3 Å². The molecule has 1 fully saturated rings. The second-order valence-electron chi connectivity index (χ2n) is 5.39. The summed E-state index contributed by atoms with van der Waals surface area (Å²) < 4.78 is 0. The van der Waals surface area contributed by atoms with Crippen molar-refractivity contribution in [2.24, 2.45) is 0 Å². The number of nitrogens with one attached hydrogen (secondary N) is 1. The molecule has 1 saturated heterocycles. The van der Waals surface area contributed by atoms with Gasteiger partial charge in [0.25, 0.3) is 0 Å². The zero-order chi connectivity index (χ0) is 13.2. The molecule has 0 amide bonds. The van der Waals surface area contributed by atoms with Gasteiger partial charge in [0.2, 0.25) is 0 Å². The third-order valence-electron chi connectivity index (χ3n) is 4.01. The van der Waals surface area contributed by atoms with E-state index in [9.17, 15) is 0 Å². The lowest BCUT2D eigenvalue weighted by atomic mass is 9.99. The Morgan fingerprint density at radius 2 is 1.90 bits per heavy atom. The lowest BCUT2D eigenvalue weighted by Crippen LogP contribution is -2.26. The van der Waals surface area contributed by atoms with E-state index in [0.29, 0.717) is 5.92 Å². The first kappa shape index (κ1) is 15.5. The van der Waals surface area contributed by atoms with Crippen LogP contribution in [0.5, 0.6) is 0 Å². The summed E-state index contributed by atoms with van der Waals surface area (Å²) in [5.74, 6) is 0.659. The van der Waals surface area contributed by atoms with Crippen LogP contribution in [-0.2, 0) is 0 Å². The fourth-order valence-corrected chi connectivity index (χ4v) is 3.58. The predicted octanol–water partition coefficient (Wildman–Crippen LogP) is 4.32. The van der Waals surface area contributed by atoms with Crippen molar-refractivity contribution in [3.63, 3.8) is 0 Å². The lowest BCUT2D eigenvalue weighted by Gasteiger charge is -2.20. The van der Waals surface area contributed by atoms with Gasteiger partial charge in [0.05, 0.1) is 10.7 Å². The maximum Gasteiger partial charge on any atom is 0.0964 e. The van der Waals surface area contributed by atoms with E-state index in [-0.39, 0.29) is 12.4 Å². The largest absolute Gasteiger partial charge is 0.317 e. The van der Waals surface area contributed by atoms with Crippen molar-refractivity contribution >= 4 is 23.7 Å². The SMILES string of the molecule is Cc1ccc(-c2csc(C3CCNCC3)n2)cc1C.Cl. The van der Waals surface area contributed by atoms with E-state index in [0.717, 1.165) is 18.8 Å². The van der Waals surface area contributed by atoms with Gasteiger partial charge in [-0.25, -0.2) is 4.98 Å². The quantitative estimate of drug-likeness (QED) is 0.894. The number of piperidine rings is 1. The maximum absolute atomic E-state index is 4.87. The standard InChI is InChI=1S/C16H20N2S.ClH/c1-11-3-4-14(9-12(11)2)15-10-19-16(18-15)13-5-7-17-8-6-13;/h3-4,9-10,13,17H,5-8H2,1-2H3;1H. The van der Waals surface area contributed by atoms with Gasteiger partial charge in [-0.2, -0.15) is 0 Å². The van der Waals surface area contributed by atoms with E-state index >= 15 is 0 Å². The molecule has 2 nitrogen and oxygen atoms in total. The van der Waals surface area contributed by atoms with Crippen molar-refractivity contribution in [2.75, 3.05) is 13.1 Å². The smallest absolute Gasteiger partial charge is 0.0964 e. The zero-order valence-corrected chi connectivity index (χ0v) is 13.6. The van der Waals surface area contributed by atoms with Gasteiger partial charge in [-0.05, 0) is 57.0 Å². The van der Waals surface area contributed by atoms with Crippen molar-refractivity contribution < 1.29 is 0 Å². The van der Waals surface area contributed by atoms with Crippen LogP contribution in [0.15, 0.2) is 23.6 Å². The molecule has 1 N–H and O–H groups in total. The van der Waals surface area contributed by atoms with Crippen molar-refractivity contribution in [3.8, 4) is 11.3 Å². The fraction of sp³-hybridized carbons (Fsp3) is 0.438.